The normalized spacial score (nSPS) is 10.4. The molecule has 0 spiro atoms. The highest BCUT2D eigenvalue weighted by Gasteiger charge is 2.21. The fourth-order valence-corrected chi connectivity index (χ4v) is 3.00. The summed E-state index contributed by atoms with van der Waals surface area (Å²) in [4.78, 5) is 14.6. The maximum Gasteiger partial charge on any atom is 0.259 e. The number of amides is 1. The number of benzene rings is 2. The molecule has 110 valence electrons. The van der Waals surface area contributed by atoms with Crippen molar-refractivity contribution in [3.05, 3.63) is 56.1 Å². The number of nitrogen functional groups attached to an aromatic ring is 1. The molecule has 2 aromatic carbocycles. The van der Waals surface area contributed by atoms with E-state index in [9.17, 15) is 4.79 Å². The standard InChI is InChI=1S/C16H16BrIN2O/c1-2-9-20(15-6-4-3-5-14(15)19)16(21)12-10-11(18)7-8-13(12)17/h3-8,10H,2,9,19H2,1H3. The van der Waals surface area contributed by atoms with Gasteiger partial charge in [-0.15, -0.1) is 0 Å². The monoisotopic (exact) mass is 458 g/mol. The van der Waals surface area contributed by atoms with E-state index in [0.29, 0.717) is 17.8 Å². The van der Waals surface area contributed by atoms with E-state index in [-0.39, 0.29) is 5.91 Å². The number of rotatable bonds is 4. The van der Waals surface area contributed by atoms with Gasteiger partial charge < -0.3 is 10.6 Å². The number of hydrogen-bond acceptors (Lipinski definition) is 2. The third-order valence-corrected chi connectivity index (χ3v) is 4.44. The molecule has 21 heavy (non-hydrogen) atoms. The number of carbonyl (C=O) groups excluding carboxylic acids is 1. The summed E-state index contributed by atoms with van der Waals surface area (Å²) in [5.74, 6) is -0.0415. The van der Waals surface area contributed by atoms with Crippen LogP contribution in [0.5, 0.6) is 0 Å². The van der Waals surface area contributed by atoms with Gasteiger partial charge in [0.05, 0.1) is 16.9 Å². The molecule has 3 nitrogen and oxygen atoms in total. The van der Waals surface area contributed by atoms with E-state index in [1.165, 1.54) is 0 Å². The Balaban J connectivity index is 2.45. The number of carbonyl (C=O) groups is 1. The fourth-order valence-electron chi connectivity index (χ4n) is 2.10. The molecular weight excluding hydrogens is 443 g/mol. The van der Waals surface area contributed by atoms with Crippen molar-refractivity contribution < 1.29 is 4.79 Å². The molecule has 2 N–H and O–H groups in total. The summed E-state index contributed by atoms with van der Waals surface area (Å²) in [6.07, 6.45) is 0.863. The van der Waals surface area contributed by atoms with Gasteiger partial charge in [0.2, 0.25) is 0 Å². The van der Waals surface area contributed by atoms with Crippen LogP contribution in [0.2, 0.25) is 0 Å². The first-order chi connectivity index (χ1) is 10.0. The molecule has 1 amide bonds. The third kappa shape index (κ3) is 3.77. The van der Waals surface area contributed by atoms with Crippen LogP contribution in [-0.4, -0.2) is 12.5 Å². The summed E-state index contributed by atoms with van der Waals surface area (Å²) >= 11 is 5.66. The Morgan fingerprint density at radius 2 is 2.00 bits per heavy atom. The molecule has 0 bridgehead atoms. The molecular formula is C16H16BrIN2O. The molecule has 0 heterocycles. The van der Waals surface area contributed by atoms with E-state index in [2.05, 4.69) is 38.5 Å². The number of nitrogens with zero attached hydrogens (tertiary/aromatic N) is 1. The van der Waals surface area contributed by atoms with Crippen molar-refractivity contribution in [1.29, 1.82) is 0 Å². The second-order valence-corrected chi connectivity index (χ2v) is 6.74. The topological polar surface area (TPSA) is 46.3 Å². The van der Waals surface area contributed by atoms with Crippen LogP contribution in [0.1, 0.15) is 23.7 Å². The Morgan fingerprint density at radius 1 is 1.29 bits per heavy atom. The molecule has 0 saturated heterocycles. The maximum absolute atomic E-state index is 12.9. The Labute approximate surface area is 146 Å². The van der Waals surface area contributed by atoms with Crippen LogP contribution in [0.3, 0.4) is 0 Å². The molecule has 0 unspecified atom stereocenters. The third-order valence-electron chi connectivity index (χ3n) is 3.08. The van der Waals surface area contributed by atoms with Crippen molar-refractivity contribution in [1.82, 2.24) is 0 Å². The van der Waals surface area contributed by atoms with Gasteiger partial charge in [-0.1, -0.05) is 19.1 Å². The molecule has 2 aromatic rings. The van der Waals surface area contributed by atoms with Gasteiger partial charge in [0.25, 0.3) is 5.91 Å². The summed E-state index contributed by atoms with van der Waals surface area (Å²) in [6.45, 7) is 2.67. The molecule has 0 fully saturated rings. The van der Waals surface area contributed by atoms with Gasteiger partial charge in [-0.2, -0.15) is 0 Å². The van der Waals surface area contributed by atoms with Crippen molar-refractivity contribution in [2.75, 3.05) is 17.2 Å². The average molecular weight is 459 g/mol. The Morgan fingerprint density at radius 3 is 2.67 bits per heavy atom. The second kappa shape index (κ2) is 7.26. The fraction of sp³-hybridized carbons (Fsp3) is 0.188. The minimum atomic E-state index is -0.0415. The molecule has 0 aromatic heterocycles. The second-order valence-electron chi connectivity index (χ2n) is 4.64. The Bertz CT molecular complexity index is 660. The SMILES string of the molecule is CCCN(C(=O)c1cc(I)ccc1Br)c1ccccc1N. The summed E-state index contributed by atoms with van der Waals surface area (Å²) in [5, 5.41) is 0. The molecule has 0 saturated carbocycles. The van der Waals surface area contributed by atoms with E-state index in [4.69, 9.17) is 5.73 Å². The van der Waals surface area contributed by atoms with Gasteiger partial charge in [0.15, 0.2) is 0 Å². The molecule has 0 aliphatic carbocycles. The van der Waals surface area contributed by atoms with Crippen LogP contribution in [-0.2, 0) is 0 Å². The van der Waals surface area contributed by atoms with E-state index in [1.807, 2.05) is 49.4 Å². The van der Waals surface area contributed by atoms with Crippen LogP contribution in [0, 0.1) is 3.57 Å². The molecule has 0 atom stereocenters. The predicted molar refractivity (Wildman–Crippen MR) is 99.7 cm³/mol. The van der Waals surface area contributed by atoms with Crippen LogP contribution in [0.15, 0.2) is 46.9 Å². The largest absolute Gasteiger partial charge is 0.397 e. The molecule has 2 rings (SSSR count). The molecule has 0 aliphatic heterocycles. The van der Waals surface area contributed by atoms with E-state index in [0.717, 1.165) is 20.2 Å². The van der Waals surface area contributed by atoms with Crippen LogP contribution in [0.25, 0.3) is 0 Å². The maximum atomic E-state index is 12.9. The van der Waals surface area contributed by atoms with Crippen molar-refractivity contribution >= 4 is 55.8 Å². The summed E-state index contributed by atoms with van der Waals surface area (Å²) < 4.78 is 1.82. The van der Waals surface area contributed by atoms with Crippen molar-refractivity contribution in [3.8, 4) is 0 Å². The zero-order valence-electron chi connectivity index (χ0n) is 11.6. The number of nitrogens with two attached hydrogens (primary N) is 1. The first kappa shape index (κ1) is 16.3. The highest BCUT2D eigenvalue weighted by Crippen LogP contribution is 2.27. The number of hydrogen-bond donors (Lipinski definition) is 1. The smallest absolute Gasteiger partial charge is 0.259 e. The quantitative estimate of drug-likeness (QED) is 0.533. The first-order valence-electron chi connectivity index (χ1n) is 6.66. The Kier molecular flexibility index (Phi) is 5.64. The van der Waals surface area contributed by atoms with E-state index >= 15 is 0 Å². The van der Waals surface area contributed by atoms with Crippen LogP contribution in [0.4, 0.5) is 11.4 Å². The van der Waals surface area contributed by atoms with Crippen LogP contribution >= 0.6 is 38.5 Å². The van der Waals surface area contributed by atoms with Gasteiger partial charge in [-0.05, 0) is 75.3 Å². The lowest BCUT2D eigenvalue weighted by atomic mass is 10.1. The molecule has 0 aliphatic rings. The molecule has 0 radical (unpaired) electrons. The summed E-state index contributed by atoms with van der Waals surface area (Å²) in [5.41, 5.74) is 8.05. The number of anilines is 2. The lowest BCUT2D eigenvalue weighted by molar-refractivity contribution is 0.0986. The summed E-state index contributed by atoms with van der Waals surface area (Å²) in [6, 6.07) is 13.2. The van der Waals surface area contributed by atoms with Crippen molar-refractivity contribution in [2.24, 2.45) is 0 Å². The van der Waals surface area contributed by atoms with E-state index < -0.39 is 0 Å². The zero-order valence-corrected chi connectivity index (χ0v) is 15.4. The van der Waals surface area contributed by atoms with Gasteiger partial charge in [-0.25, -0.2) is 0 Å². The van der Waals surface area contributed by atoms with Crippen molar-refractivity contribution in [2.45, 2.75) is 13.3 Å². The van der Waals surface area contributed by atoms with Crippen molar-refractivity contribution in [3.63, 3.8) is 0 Å². The minimum absolute atomic E-state index is 0.0415. The van der Waals surface area contributed by atoms with Gasteiger partial charge >= 0.3 is 0 Å². The van der Waals surface area contributed by atoms with Gasteiger partial charge in [-0.3, -0.25) is 4.79 Å². The predicted octanol–water partition coefficient (Wildman–Crippen LogP) is 4.69. The number of para-hydroxylation sites is 2. The first-order valence-corrected chi connectivity index (χ1v) is 8.53. The highest BCUT2D eigenvalue weighted by atomic mass is 127. The number of halogens is 2. The summed E-state index contributed by atoms with van der Waals surface area (Å²) in [7, 11) is 0. The minimum Gasteiger partial charge on any atom is -0.397 e. The molecule has 5 heteroatoms. The lowest BCUT2D eigenvalue weighted by Crippen LogP contribution is -2.32. The van der Waals surface area contributed by atoms with Gasteiger partial charge in [0.1, 0.15) is 0 Å². The highest BCUT2D eigenvalue weighted by molar-refractivity contribution is 14.1. The van der Waals surface area contributed by atoms with Gasteiger partial charge in [0, 0.05) is 14.6 Å². The van der Waals surface area contributed by atoms with E-state index in [1.54, 1.807) is 4.90 Å². The zero-order chi connectivity index (χ0) is 15.4. The Hall–Kier alpha value is -1.08. The van der Waals surface area contributed by atoms with Crippen LogP contribution < -0.4 is 10.6 Å². The average Bonchev–Trinajstić information content (AvgIpc) is 2.47. The lowest BCUT2D eigenvalue weighted by Gasteiger charge is -2.24.